The number of thioether (sulfide) groups is 1. The van der Waals surface area contributed by atoms with Gasteiger partial charge in [0, 0.05) is 5.75 Å². The Balaban J connectivity index is 1.84. The normalized spacial score (nSPS) is 12.8. The Labute approximate surface area is 157 Å². The highest BCUT2D eigenvalue weighted by atomic mass is 32.2. The van der Waals surface area contributed by atoms with E-state index in [2.05, 4.69) is 14.9 Å². The first-order chi connectivity index (χ1) is 12.6. The van der Waals surface area contributed by atoms with Gasteiger partial charge in [-0.25, -0.2) is 4.79 Å². The van der Waals surface area contributed by atoms with Crippen LogP contribution in [0, 0.1) is 0 Å². The van der Waals surface area contributed by atoms with Crippen LogP contribution in [0.4, 0.5) is 0 Å². The summed E-state index contributed by atoms with van der Waals surface area (Å²) in [5, 5.41) is 8.36. The number of rotatable bonds is 7. The molecule has 7 heteroatoms. The van der Waals surface area contributed by atoms with Gasteiger partial charge in [-0.2, -0.15) is 5.10 Å². The number of ether oxygens (including phenoxy) is 2. The van der Waals surface area contributed by atoms with Crippen molar-refractivity contribution in [1.29, 1.82) is 0 Å². The van der Waals surface area contributed by atoms with Gasteiger partial charge in [-0.05, 0) is 42.3 Å². The van der Waals surface area contributed by atoms with Gasteiger partial charge in [-0.3, -0.25) is 0 Å². The molecular weight excluding hydrogens is 350 g/mol. The lowest BCUT2D eigenvalue weighted by Crippen LogP contribution is -2.24. The summed E-state index contributed by atoms with van der Waals surface area (Å²) < 4.78 is 10.1. The molecule has 0 bridgehead atoms. The van der Waals surface area contributed by atoms with Crippen LogP contribution in [0.5, 0.6) is 5.75 Å². The number of amidine groups is 1. The highest BCUT2D eigenvalue weighted by Crippen LogP contribution is 2.14. The van der Waals surface area contributed by atoms with Crippen LogP contribution in [-0.2, 0) is 15.3 Å². The molecule has 0 spiro atoms. The van der Waals surface area contributed by atoms with E-state index in [0.717, 1.165) is 11.3 Å². The zero-order valence-electron chi connectivity index (χ0n) is 14.7. The summed E-state index contributed by atoms with van der Waals surface area (Å²) in [6.45, 7) is 1.63. The lowest BCUT2D eigenvalue weighted by atomic mass is 10.2. The molecule has 0 fully saturated rings. The minimum Gasteiger partial charge on any atom is -0.479 e. The second-order valence-corrected chi connectivity index (χ2v) is 6.30. The van der Waals surface area contributed by atoms with Crippen molar-refractivity contribution in [2.24, 2.45) is 15.9 Å². The molecule has 0 saturated heterocycles. The van der Waals surface area contributed by atoms with E-state index < -0.39 is 12.1 Å². The zero-order valence-corrected chi connectivity index (χ0v) is 15.5. The van der Waals surface area contributed by atoms with Crippen molar-refractivity contribution in [2.75, 3.05) is 7.11 Å². The standard InChI is InChI=1S/C19H21N3O3S/c1-14(18(23)24-2)25-17-10-8-15(9-11-17)12-21-22-19(20)26-13-16-6-4-3-5-7-16/h3-12,14H,13H2,1-2H3,(H2,20,22). The largest absolute Gasteiger partial charge is 0.479 e. The fourth-order valence-electron chi connectivity index (χ4n) is 1.96. The lowest BCUT2D eigenvalue weighted by Gasteiger charge is -2.12. The van der Waals surface area contributed by atoms with Crippen molar-refractivity contribution >= 4 is 29.1 Å². The molecule has 0 saturated carbocycles. The van der Waals surface area contributed by atoms with Gasteiger partial charge in [0.1, 0.15) is 5.75 Å². The fourth-order valence-corrected chi connectivity index (χ4v) is 2.58. The Morgan fingerprint density at radius 1 is 1.19 bits per heavy atom. The van der Waals surface area contributed by atoms with Crippen LogP contribution in [0.15, 0.2) is 64.8 Å². The maximum absolute atomic E-state index is 11.3. The SMILES string of the molecule is COC(=O)C(C)Oc1ccc(C=NN=C(N)SCc2ccccc2)cc1. The Morgan fingerprint density at radius 3 is 2.54 bits per heavy atom. The molecule has 0 aromatic heterocycles. The van der Waals surface area contributed by atoms with Crippen molar-refractivity contribution in [3.8, 4) is 5.75 Å². The van der Waals surface area contributed by atoms with Crippen molar-refractivity contribution in [2.45, 2.75) is 18.8 Å². The van der Waals surface area contributed by atoms with Gasteiger partial charge in [0.15, 0.2) is 11.3 Å². The van der Waals surface area contributed by atoms with Crippen LogP contribution in [0.25, 0.3) is 0 Å². The van der Waals surface area contributed by atoms with Crippen molar-refractivity contribution in [1.82, 2.24) is 0 Å². The minimum absolute atomic E-state index is 0.400. The number of hydrogen-bond donors (Lipinski definition) is 1. The topological polar surface area (TPSA) is 86.3 Å². The van der Waals surface area contributed by atoms with Gasteiger partial charge in [-0.1, -0.05) is 42.1 Å². The summed E-state index contributed by atoms with van der Waals surface area (Å²) in [5.74, 6) is 0.894. The summed E-state index contributed by atoms with van der Waals surface area (Å²) in [6, 6.07) is 17.1. The molecule has 136 valence electrons. The fraction of sp³-hybridized carbons (Fsp3) is 0.211. The summed E-state index contributed by atoms with van der Waals surface area (Å²) in [4.78, 5) is 11.3. The number of carbonyl (C=O) groups is 1. The summed E-state index contributed by atoms with van der Waals surface area (Å²) >= 11 is 1.43. The molecule has 2 aromatic carbocycles. The summed E-state index contributed by atoms with van der Waals surface area (Å²) in [5.41, 5.74) is 7.86. The molecule has 1 atom stereocenters. The molecule has 2 rings (SSSR count). The third kappa shape index (κ3) is 6.60. The Hall–Kier alpha value is -2.80. The third-order valence-corrected chi connectivity index (χ3v) is 4.17. The van der Waals surface area contributed by atoms with E-state index in [0.29, 0.717) is 10.9 Å². The molecule has 0 aliphatic rings. The first kappa shape index (κ1) is 19.5. The molecular formula is C19H21N3O3S. The Kier molecular flexibility index (Phi) is 7.70. The third-order valence-electron chi connectivity index (χ3n) is 3.32. The van der Waals surface area contributed by atoms with Crippen LogP contribution >= 0.6 is 11.8 Å². The van der Waals surface area contributed by atoms with Gasteiger partial charge in [0.2, 0.25) is 0 Å². The maximum Gasteiger partial charge on any atom is 0.346 e. The monoisotopic (exact) mass is 371 g/mol. The number of nitrogens with zero attached hydrogens (tertiary/aromatic N) is 2. The molecule has 0 amide bonds. The highest BCUT2D eigenvalue weighted by molar-refractivity contribution is 8.13. The molecule has 2 N–H and O–H groups in total. The minimum atomic E-state index is -0.662. The van der Waals surface area contributed by atoms with Gasteiger partial charge in [0.25, 0.3) is 0 Å². The number of methoxy groups -OCH3 is 1. The first-order valence-corrected chi connectivity index (χ1v) is 8.95. The lowest BCUT2D eigenvalue weighted by molar-refractivity contribution is -0.147. The van der Waals surface area contributed by atoms with E-state index in [1.807, 2.05) is 42.5 Å². The van der Waals surface area contributed by atoms with Crippen LogP contribution in [-0.4, -0.2) is 30.6 Å². The smallest absolute Gasteiger partial charge is 0.346 e. The van der Waals surface area contributed by atoms with Crippen LogP contribution in [0.2, 0.25) is 0 Å². The number of nitrogens with two attached hydrogens (primary N) is 1. The van der Waals surface area contributed by atoms with Crippen LogP contribution in [0.1, 0.15) is 18.1 Å². The number of esters is 1. The van der Waals surface area contributed by atoms with E-state index in [1.54, 1.807) is 25.3 Å². The number of benzene rings is 2. The average molecular weight is 371 g/mol. The summed E-state index contributed by atoms with van der Waals surface area (Å²) in [7, 11) is 1.33. The maximum atomic E-state index is 11.3. The van der Waals surface area contributed by atoms with Gasteiger partial charge >= 0.3 is 5.97 Å². The quantitative estimate of drug-likeness (QED) is 0.349. The second-order valence-electron chi connectivity index (χ2n) is 5.31. The van der Waals surface area contributed by atoms with Gasteiger partial charge in [0.05, 0.1) is 13.3 Å². The molecule has 6 nitrogen and oxygen atoms in total. The van der Waals surface area contributed by atoms with E-state index in [1.165, 1.54) is 24.4 Å². The number of hydrogen-bond acceptors (Lipinski definition) is 6. The first-order valence-electron chi connectivity index (χ1n) is 7.96. The van der Waals surface area contributed by atoms with E-state index in [9.17, 15) is 4.79 Å². The molecule has 0 radical (unpaired) electrons. The predicted octanol–water partition coefficient (Wildman–Crippen LogP) is 3.21. The molecule has 26 heavy (non-hydrogen) atoms. The molecule has 0 aliphatic carbocycles. The van der Waals surface area contributed by atoms with Crippen molar-refractivity contribution < 1.29 is 14.3 Å². The Bertz CT molecular complexity index is 761. The average Bonchev–Trinajstić information content (AvgIpc) is 2.67. The molecule has 0 heterocycles. The molecule has 2 aromatic rings. The molecule has 1 unspecified atom stereocenters. The van der Waals surface area contributed by atoms with E-state index >= 15 is 0 Å². The number of carbonyl (C=O) groups excluding carboxylic acids is 1. The zero-order chi connectivity index (χ0) is 18.8. The highest BCUT2D eigenvalue weighted by Gasteiger charge is 2.14. The van der Waals surface area contributed by atoms with E-state index in [4.69, 9.17) is 10.5 Å². The van der Waals surface area contributed by atoms with Crippen LogP contribution < -0.4 is 10.5 Å². The van der Waals surface area contributed by atoms with Crippen molar-refractivity contribution in [3.05, 3.63) is 65.7 Å². The Morgan fingerprint density at radius 2 is 1.88 bits per heavy atom. The van der Waals surface area contributed by atoms with Crippen molar-refractivity contribution in [3.63, 3.8) is 0 Å². The van der Waals surface area contributed by atoms with Gasteiger partial charge in [-0.15, -0.1) is 5.10 Å². The summed E-state index contributed by atoms with van der Waals surface area (Å²) in [6.07, 6.45) is 0.939. The van der Waals surface area contributed by atoms with Crippen LogP contribution in [0.3, 0.4) is 0 Å². The predicted molar refractivity (Wildman–Crippen MR) is 106 cm³/mol. The molecule has 0 aliphatic heterocycles. The van der Waals surface area contributed by atoms with Gasteiger partial charge < -0.3 is 15.2 Å². The van der Waals surface area contributed by atoms with E-state index in [-0.39, 0.29) is 0 Å². The second kappa shape index (κ2) is 10.2.